The molecule has 68 valence electrons. The molecule has 13 heavy (non-hydrogen) atoms. The van der Waals surface area contributed by atoms with Crippen molar-refractivity contribution in [3.05, 3.63) is 21.9 Å². The van der Waals surface area contributed by atoms with E-state index in [0.29, 0.717) is 0 Å². The van der Waals surface area contributed by atoms with Gasteiger partial charge in [-0.1, -0.05) is 0 Å². The summed E-state index contributed by atoms with van der Waals surface area (Å²) in [6, 6.07) is 2.27. The first-order chi connectivity index (χ1) is 6.43. The van der Waals surface area contributed by atoms with Gasteiger partial charge in [-0.15, -0.1) is 11.3 Å². The summed E-state index contributed by atoms with van der Waals surface area (Å²) in [5.74, 6) is 1.32. The Balaban J connectivity index is 1.98. The summed E-state index contributed by atoms with van der Waals surface area (Å²) in [6.45, 7) is 3.32. The summed E-state index contributed by atoms with van der Waals surface area (Å²) >= 11 is 1.88. The van der Waals surface area contributed by atoms with Crippen molar-refractivity contribution in [2.45, 2.75) is 12.8 Å². The Hall–Kier alpha value is -0.830. The highest BCUT2D eigenvalue weighted by atomic mass is 32.1. The molecule has 0 bridgehead atoms. The van der Waals surface area contributed by atoms with Crippen molar-refractivity contribution >= 4 is 17.2 Å². The zero-order valence-corrected chi connectivity index (χ0v) is 8.31. The number of fused-ring (bicyclic) bond motifs is 2. The van der Waals surface area contributed by atoms with Crippen LogP contribution in [0.3, 0.4) is 0 Å². The summed E-state index contributed by atoms with van der Waals surface area (Å²) in [5, 5.41) is 2.20. The Morgan fingerprint density at radius 2 is 2.38 bits per heavy atom. The van der Waals surface area contributed by atoms with Gasteiger partial charge in [-0.2, -0.15) is 0 Å². The molecule has 3 heterocycles. The van der Waals surface area contributed by atoms with E-state index in [1.807, 2.05) is 11.3 Å². The molecule has 0 unspecified atom stereocenters. The molecule has 0 radical (unpaired) electrons. The highest BCUT2D eigenvalue weighted by molar-refractivity contribution is 7.10. The molecular formula is C10H12N2S. The van der Waals surface area contributed by atoms with Crippen LogP contribution in [0.1, 0.15) is 10.4 Å². The van der Waals surface area contributed by atoms with Gasteiger partial charge in [0, 0.05) is 24.4 Å². The lowest BCUT2D eigenvalue weighted by atomic mass is 10.2. The molecule has 0 aromatic carbocycles. The lowest BCUT2D eigenvalue weighted by Gasteiger charge is -2.16. The van der Waals surface area contributed by atoms with Crippen molar-refractivity contribution in [1.82, 2.24) is 4.90 Å². The predicted octanol–water partition coefficient (Wildman–Crippen LogP) is 1.56. The van der Waals surface area contributed by atoms with E-state index in [1.54, 1.807) is 5.56 Å². The van der Waals surface area contributed by atoms with Crippen molar-refractivity contribution in [1.29, 1.82) is 0 Å². The summed E-state index contributed by atoms with van der Waals surface area (Å²) in [5.41, 5.74) is 1.54. The number of hydrogen-bond donors (Lipinski definition) is 0. The third-order valence-electron chi connectivity index (χ3n) is 2.84. The third-order valence-corrected chi connectivity index (χ3v) is 3.80. The zero-order chi connectivity index (χ0) is 8.67. The quantitative estimate of drug-likeness (QED) is 0.609. The van der Waals surface area contributed by atoms with E-state index in [1.165, 1.54) is 23.7 Å². The monoisotopic (exact) mass is 192 g/mol. The molecule has 0 saturated carbocycles. The summed E-state index contributed by atoms with van der Waals surface area (Å²) in [6.07, 6.45) is 2.28. The fourth-order valence-electron chi connectivity index (χ4n) is 2.08. The zero-order valence-electron chi connectivity index (χ0n) is 7.49. The Labute approximate surface area is 81.9 Å². The molecule has 0 amide bonds. The normalized spacial score (nSPS) is 20.6. The van der Waals surface area contributed by atoms with Crippen molar-refractivity contribution in [2.24, 2.45) is 4.99 Å². The molecular weight excluding hydrogens is 180 g/mol. The lowest BCUT2D eigenvalue weighted by molar-refractivity contribution is 0.461. The predicted molar refractivity (Wildman–Crippen MR) is 55.6 cm³/mol. The van der Waals surface area contributed by atoms with Crippen molar-refractivity contribution in [3.8, 4) is 0 Å². The van der Waals surface area contributed by atoms with E-state index in [4.69, 9.17) is 0 Å². The van der Waals surface area contributed by atoms with Gasteiger partial charge < -0.3 is 4.90 Å². The van der Waals surface area contributed by atoms with Crippen LogP contribution in [0.15, 0.2) is 16.4 Å². The number of amidine groups is 1. The maximum atomic E-state index is 4.55. The van der Waals surface area contributed by atoms with E-state index in [9.17, 15) is 0 Å². The van der Waals surface area contributed by atoms with Crippen molar-refractivity contribution < 1.29 is 0 Å². The molecule has 2 aliphatic rings. The minimum atomic E-state index is 1.01. The van der Waals surface area contributed by atoms with E-state index < -0.39 is 0 Å². The van der Waals surface area contributed by atoms with Gasteiger partial charge in [-0.25, -0.2) is 0 Å². The van der Waals surface area contributed by atoms with Gasteiger partial charge in [0.1, 0.15) is 5.84 Å². The number of hydrogen-bond acceptors (Lipinski definition) is 3. The molecule has 2 nitrogen and oxygen atoms in total. The fourth-order valence-corrected chi connectivity index (χ4v) is 3.01. The van der Waals surface area contributed by atoms with Gasteiger partial charge in [0.2, 0.25) is 0 Å². The maximum absolute atomic E-state index is 4.55. The van der Waals surface area contributed by atoms with Crippen LogP contribution in [0.25, 0.3) is 0 Å². The van der Waals surface area contributed by atoms with E-state index in [2.05, 4.69) is 21.3 Å². The van der Waals surface area contributed by atoms with E-state index in [-0.39, 0.29) is 0 Å². The van der Waals surface area contributed by atoms with Crippen molar-refractivity contribution in [3.63, 3.8) is 0 Å². The molecule has 1 aromatic heterocycles. The Kier molecular flexibility index (Phi) is 1.65. The molecule has 3 rings (SSSR count). The topological polar surface area (TPSA) is 15.6 Å². The average Bonchev–Trinajstić information content (AvgIpc) is 2.72. The van der Waals surface area contributed by atoms with Crippen LogP contribution < -0.4 is 0 Å². The Morgan fingerprint density at radius 1 is 1.38 bits per heavy atom. The number of nitrogens with zero attached hydrogens (tertiary/aromatic N) is 2. The van der Waals surface area contributed by atoms with Gasteiger partial charge in [0.25, 0.3) is 0 Å². The van der Waals surface area contributed by atoms with E-state index in [0.717, 1.165) is 19.5 Å². The average molecular weight is 192 g/mol. The number of thiophene rings is 1. The van der Waals surface area contributed by atoms with Crippen LogP contribution in [0.2, 0.25) is 0 Å². The van der Waals surface area contributed by atoms with Gasteiger partial charge >= 0.3 is 0 Å². The van der Waals surface area contributed by atoms with Crippen LogP contribution in [0.4, 0.5) is 0 Å². The first kappa shape index (κ1) is 7.56. The molecule has 2 aliphatic heterocycles. The van der Waals surface area contributed by atoms with Gasteiger partial charge in [-0.3, -0.25) is 4.99 Å². The van der Waals surface area contributed by atoms with Gasteiger partial charge in [0.05, 0.1) is 6.54 Å². The molecule has 0 fully saturated rings. The minimum Gasteiger partial charge on any atom is -0.358 e. The Morgan fingerprint density at radius 3 is 3.38 bits per heavy atom. The molecule has 1 aromatic rings. The van der Waals surface area contributed by atoms with Gasteiger partial charge in [0.15, 0.2) is 0 Å². The smallest absolute Gasteiger partial charge is 0.104 e. The van der Waals surface area contributed by atoms with Crippen LogP contribution in [0, 0.1) is 0 Å². The highest BCUT2D eigenvalue weighted by Gasteiger charge is 2.22. The summed E-state index contributed by atoms with van der Waals surface area (Å²) in [7, 11) is 0. The molecule has 0 atom stereocenters. The van der Waals surface area contributed by atoms with Crippen LogP contribution in [0.5, 0.6) is 0 Å². The highest BCUT2D eigenvalue weighted by Crippen LogP contribution is 2.23. The Bertz CT molecular complexity index is 354. The third kappa shape index (κ3) is 1.18. The lowest BCUT2D eigenvalue weighted by Crippen LogP contribution is -2.28. The van der Waals surface area contributed by atoms with Gasteiger partial charge in [-0.05, 0) is 23.4 Å². The molecule has 3 heteroatoms. The molecule has 0 saturated heterocycles. The second-order valence-electron chi connectivity index (χ2n) is 3.58. The maximum Gasteiger partial charge on any atom is 0.104 e. The summed E-state index contributed by atoms with van der Waals surface area (Å²) < 4.78 is 0. The molecule has 0 aliphatic carbocycles. The fraction of sp³-hybridized carbons (Fsp3) is 0.500. The molecule has 0 spiro atoms. The molecule has 0 N–H and O–H groups in total. The minimum absolute atomic E-state index is 1.01. The van der Waals surface area contributed by atoms with E-state index >= 15 is 0 Å². The standard InChI is InChI=1S/C10H12N2S/c1-4-12-5-3-11-10(12)7-9-8(1)2-6-13-9/h2,6H,1,3-5,7H2. The first-order valence-corrected chi connectivity index (χ1v) is 5.65. The number of aliphatic imine (C=N–C) groups is 1. The summed E-state index contributed by atoms with van der Waals surface area (Å²) in [4.78, 5) is 8.51. The number of rotatable bonds is 0. The van der Waals surface area contributed by atoms with Crippen molar-refractivity contribution in [2.75, 3.05) is 19.6 Å². The largest absolute Gasteiger partial charge is 0.358 e. The van der Waals surface area contributed by atoms with Crippen LogP contribution in [-0.4, -0.2) is 30.4 Å². The SMILES string of the molecule is c1cc2c(s1)CC1=NCCN1CC2. The second-order valence-corrected chi connectivity index (χ2v) is 4.58. The van der Waals surface area contributed by atoms with Crippen LogP contribution in [-0.2, 0) is 12.8 Å². The second kappa shape index (κ2) is 2.84. The first-order valence-electron chi connectivity index (χ1n) is 4.77. The van der Waals surface area contributed by atoms with Crippen LogP contribution >= 0.6 is 11.3 Å².